The van der Waals surface area contributed by atoms with Gasteiger partial charge in [0.2, 0.25) is 5.91 Å². The molecule has 0 radical (unpaired) electrons. The minimum atomic E-state index is 0.0107. The van der Waals surface area contributed by atoms with Gasteiger partial charge in [-0.05, 0) is 52.7 Å². The highest BCUT2D eigenvalue weighted by atomic mass is 79.9. The number of rotatable bonds is 4. The van der Waals surface area contributed by atoms with Crippen molar-refractivity contribution in [3.8, 4) is 0 Å². The van der Waals surface area contributed by atoms with E-state index in [1.807, 2.05) is 24.3 Å². The van der Waals surface area contributed by atoms with E-state index in [2.05, 4.69) is 40.4 Å². The molecule has 1 amide bonds. The van der Waals surface area contributed by atoms with E-state index in [9.17, 15) is 4.79 Å². The number of amides is 1. The monoisotopic (exact) mass is 324 g/mol. The van der Waals surface area contributed by atoms with Gasteiger partial charge in [0, 0.05) is 10.5 Å². The fourth-order valence-corrected chi connectivity index (χ4v) is 2.99. The van der Waals surface area contributed by atoms with Gasteiger partial charge in [-0.3, -0.25) is 4.79 Å². The third-order valence-corrected chi connectivity index (χ3v) is 4.36. The maximum absolute atomic E-state index is 11.9. The molecule has 1 aliphatic rings. The minimum absolute atomic E-state index is 0.0107. The predicted octanol–water partition coefficient (Wildman–Crippen LogP) is 3.56. The highest BCUT2D eigenvalue weighted by molar-refractivity contribution is 9.10. The van der Waals surface area contributed by atoms with E-state index >= 15 is 0 Å². The van der Waals surface area contributed by atoms with Crippen LogP contribution in [0.2, 0.25) is 0 Å². The number of carbonyl (C=O) groups excluding carboxylic acids is 1. The molecule has 1 aromatic carbocycles. The van der Waals surface area contributed by atoms with Crippen molar-refractivity contribution in [1.29, 1.82) is 0 Å². The fourth-order valence-electron chi connectivity index (χ4n) is 2.60. The number of hydrogen-bond donors (Lipinski definition) is 2. The Morgan fingerprint density at radius 3 is 2.79 bits per heavy atom. The van der Waals surface area contributed by atoms with Crippen LogP contribution in [0.5, 0.6) is 0 Å². The first-order valence-electron chi connectivity index (χ1n) is 6.74. The predicted molar refractivity (Wildman–Crippen MR) is 82.2 cm³/mol. The second kappa shape index (κ2) is 6.06. The van der Waals surface area contributed by atoms with Crippen LogP contribution in [0.3, 0.4) is 0 Å². The van der Waals surface area contributed by atoms with Crippen LogP contribution in [0.1, 0.15) is 33.1 Å². The van der Waals surface area contributed by atoms with Gasteiger partial charge in [-0.2, -0.15) is 0 Å². The summed E-state index contributed by atoms with van der Waals surface area (Å²) in [6, 6.07) is 8.12. The number of para-hydroxylation sites is 1. The van der Waals surface area contributed by atoms with Gasteiger partial charge in [-0.25, -0.2) is 0 Å². The molecule has 104 valence electrons. The van der Waals surface area contributed by atoms with Gasteiger partial charge in [0.1, 0.15) is 0 Å². The van der Waals surface area contributed by atoms with Gasteiger partial charge < -0.3 is 10.6 Å². The molecule has 0 heterocycles. The van der Waals surface area contributed by atoms with Crippen LogP contribution in [0.15, 0.2) is 28.7 Å². The number of halogens is 1. The van der Waals surface area contributed by atoms with E-state index in [1.54, 1.807) is 0 Å². The smallest absolute Gasteiger partial charge is 0.238 e. The molecular formula is C15H21BrN2O. The first-order chi connectivity index (χ1) is 8.96. The SMILES string of the molecule is CC1(C)CCC(NCC(=O)Nc2ccccc2Br)C1. The van der Waals surface area contributed by atoms with Crippen molar-refractivity contribution in [3.63, 3.8) is 0 Å². The van der Waals surface area contributed by atoms with Gasteiger partial charge in [0.25, 0.3) is 0 Å². The Hall–Kier alpha value is -0.870. The summed E-state index contributed by atoms with van der Waals surface area (Å²) in [5.74, 6) is 0.0107. The molecule has 1 aromatic rings. The zero-order valence-corrected chi connectivity index (χ0v) is 13.1. The lowest BCUT2D eigenvalue weighted by molar-refractivity contribution is -0.115. The molecule has 0 spiro atoms. The van der Waals surface area contributed by atoms with Crippen LogP contribution < -0.4 is 10.6 Å². The van der Waals surface area contributed by atoms with Crippen LogP contribution in [-0.2, 0) is 4.79 Å². The Kier molecular flexibility index (Phi) is 4.63. The van der Waals surface area contributed by atoms with Crippen LogP contribution in [0, 0.1) is 5.41 Å². The quantitative estimate of drug-likeness (QED) is 0.889. The standard InChI is InChI=1S/C15H21BrN2O/c1-15(2)8-7-11(9-15)17-10-14(19)18-13-6-4-3-5-12(13)16/h3-6,11,17H,7-10H2,1-2H3,(H,18,19). The second-order valence-corrected chi connectivity index (χ2v) is 6.87. The Balaban J connectivity index is 1.78. The largest absolute Gasteiger partial charge is 0.324 e. The normalized spacial score (nSPS) is 21.3. The van der Waals surface area contributed by atoms with Crippen molar-refractivity contribution in [2.24, 2.45) is 5.41 Å². The molecular weight excluding hydrogens is 304 g/mol. The molecule has 2 rings (SSSR count). The van der Waals surface area contributed by atoms with Crippen molar-refractivity contribution < 1.29 is 4.79 Å². The molecule has 1 fully saturated rings. The summed E-state index contributed by atoms with van der Waals surface area (Å²) in [5, 5.41) is 6.26. The molecule has 19 heavy (non-hydrogen) atoms. The van der Waals surface area contributed by atoms with Crippen LogP contribution >= 0.6 is 15.9 Å². The van der Waals surface area contributed by atoms with Gasteiger partial charge in [-0.15, -0.1) is 0 Å². The number of hydrogen-bond acceptors (Lipinski definition) is 2. The Labute approximate surface area is 123 Å². The van der Waals surface area contributed by atoms with Crippen LogP contribution in [0.4, 0.5) is 5.69 Å². The molecule has 4 heteroatoms. The van der Waals surface area contributed by atoms with Gasteiger partial charge in [-0.1, -0.05) is 26.0 Å². The molecule has 0 bridgehead atoms. The first kappa shape index (κ1) is 14.5. The maximum atomic E-state index is 11.9. The Bertz CT molecular complexity index is 459. The molecule has 1 saturated carbocycles. The average Bonchev–Trinajstić information content (AvgIpc) is 2.69. The summed E-state index contributed by atoms with van der Waals surface area (Å²) in [6.45, 7) is 4.95. The summed E-state index contributed by atoms with van der Waals surface area (Å²) < 4.78 is 0.908. The third kappa shape index (κ3) is 4.32. The Morgan fingerprint density at radius 2 is 2.16 bits per heavy atom. The average molecular weight is 325 g/mol. The summed E-state index contributed by atoms with van der Waals surface area (Å²) >= 11 is 3.42. The van der Waals surface area contributed by atoms with E-state index in [4.69, 9.17) is 0 Å². The molecule has 1 aliphatic carbocycles. The number of nitrogens with one attached hydrogen (secondary N) is 2. The zero-order valence-electron chi connectivity index (χ0n) is 11.5. The molecule has 0 aliphatic heterocycles. The van der Waals surface area contributed by atoms with Gasteiger partial charge >= 0.3 is 0 Å². The summed E-state index contributed by atoms with van der Waals surface area (Å²) in [6.07, 6.45) is 3.54. The van der Waals surface area contributed by atoms with Gasteiger partial charge in [0.15, 0.2) is 0 Å². The summed E-state index contributed by atoms with van der Waals surface area (Å²) in [4.78, 5) is 11.9. The maximum Gasteiger partial charge on any atom is 0.238 e. The van der Waals surface area contributed by atoms with Crippen molar-refractivity contribution in [1.82, 2.24) is 5.32 Å². The lowest BCUT2D eigenvalue weighted by atomic mass is 9.92. The van der Waals surface area contributed by atoms with Crippen molar-refractivity contribution in [3.05, 3.63) is 28.7 Å². The van der Waals surface area contributed by atoms with Gasteiger partial charge in [0.05, 0.1) is 12.2 Å². The van der Waals surface area contributed by atoms with E-state index in [0.717, 1.165) is 23.0 Å². The molecule has 1 unspecified atom stereocenters. The topological polar surface area (TPSA) is 41.1 Å². The Morgan fingerprint density at radius 1 is 1.42 bits per heavy atom. The molecule has 3 nitrogen and oxygen atoms in total. The highest BCUT2D eigenvalue weighted by Gasteiger charge is 2.30. The fraction of sp³-hybridized carbons (Fsp3) is 0.533. The number of carbonyl (C=O) groups is 1. The number of anilines is 1. The molecule has 0 saturated heterocycles. The van der Waals surface area contributed by atoms with Crippen molar-refractivity contribution >= 4 is 27.5 Å². The zero-order chi connectivity index (χ0) is 13.9. The van der Waals surface area contributed by atoms with Crippen molar-refractivity contribution in [2.75, 3.05) is 11.9 Å². The van der Waals surface area contributed by atoms with Crippen LogP contribution in [-0.4, -0.2) is 18.5 Å². The number of benzene rings is 1. The van der Waals surface area contributed by atoms with E-state index in [-0.39, 0.29) is 5.91 Å². The van der Waals surface area contributed by atoms with E-state index in [1.165, 1.54) is 6.42 Å². The third-order valence-electron chi connectivity index (χ3n) is 3.67. The second-order valence-electron chi connectivity index (χ2n) is 6.01. The highest BCUT2D eigenvalue weighted by Crippen LogP contribution is 2.36. The summed E-state index contributed by atoms with van der Waals surface area (Å²) in [7, 11) is 0. The molecule has 0 aromatic heterocycles. The van der Waals surface area contributed by atoms with E-state index < -0.39 is 0 Å². The molecule has 1 atom stereocenters. The van der Waals surface area contributed by atoms with Crippen molar-refractivity contribution in [2.45, 2.75) is 39.2 Å². The molecule has 2 N–H and O–H groups in total. The minimum Gasteiger partial charge on any atom is -0.324 e. The lowest BCUT2D eigenvalue weighted by Gasteiger charge is -2.17. The first-order valence-corrected chi connectivity index (χ1v) is 7.53. The summed E-state index contributed by atoms with van der Waals surface area (Å²) in [5.41, 5.74) is 1.23. The lowest BCUT2D eigenvalue weighted by Crippen LogP contribution is -2.35. The van der Waals surface area contributed by atoms with E-state index in [0.29, 0.717) is 18.0 Å². The van der Waals surface area contributed by atoms with Crippen LogP contribution in [0.25, 0.3) is 0 Å².